The van der Waals surface area contributed by atoms with Crippen molar-refractivity contribution in [3.05, 3.63) is 12.4 Å². The molecule has 0 amide bonds. The zero-order valence-corrected chi connectivity index (χ0v) is 14.3. The molecular formula is C14H26N4O2S. The minimum atomic E-state index is -3.44. The van der Waals surface area contributed by atoms with Crippen molar-refractivity contribution in [1.29, 1.82) is 0 Å². The normalized spacial score (nSPS) is 24.3. The fourth-order valence-electron chi connectivity index (χ4n) is 2.97. The standard InChI is InChI=1S/C14H26N4O2S/c1-6-17-8-12(7-15-17)21(19,20)18-9-13(11(2)3)14(10-18)16(4)5/h7-8,11,13-14H,6,9-10H2,1-5H3/t13-,14+/m0/s1. The molecule has 1 saturated heterocycles. The Morgan fingerprint density at radius 3 is 2.48 bits per heavy atom. The maximum atomic E-state index is 12.8. The summed E-state index contributed by atoms with van der Waals surface area (Å²) in [6, 6.07) is 0.265. The van der Waals surface area contributed by atoms with Crippen LogP contribution in [0.2, 0.25) is 0 Å². The number of hydrogen-bond donors (Lipinski definition) is 0. The Morgan fingerprint density at radius 1 is 1.38 bits per heavy atom. The van der Waals surface area contributed by atoms with Gasteiger partial charge in [0.05, 0.1) is 6.20 Å². The average molecular weight is 314 g/mol. The van der Waals surface area contributed by atoms with E-state index >= 15 is 0 Å². The molecule has 7 heteroatoms. The minimum Gasteiger partial charge on any atom is -0.305 e. The number of aromatic nitrogens is 2. The van der Waals surface area contributed by atoms with Gasteiger partial charge in [-0.25, -0.2) is 8.42 Å². The zero-order chi connectivity index (χ0) is 15.8. The summed E-state index contributed by atoms with van der Waals surface area (Å²) in [5, 5.41) is 4.08. The highest BCUT2D eigenvalue weighted by Gasteiger charge is 2.41. The van der Waals surface area contributed by atoms with E-state index in [9.17, 15) is 8.42 Å². The van der Waals surface area contributed by atoms with Gasteiger partial charge in [0.25, 0.3) is 0 Å². The molecule has 0 aromatic carbocycles. The summed E-state index contributed by atoms with van der Waals surface area (Å²) in [7, 11) is 0.601. The highest BCUT2D eigenvalue weighted by atomic mass is 32.2. The Balaban J connectivity index is 2.25. The summed E-state index contributed by atoms with van der Waals surface area (Å²) in [6.45, 7) is 8.06. The number of aryl methyl sites for hydroxylation is 1. The third-order valence-corrected chi connectivity index (χ3v) is 6.17. The van der Waals surface area contributed by atoms with Crippen molar-refractivity contribution in [2.24, 2.45) is 11.8 Å². The maximum absolute atomic E-state index is 12.8. The second kappa shape index (κ2) is 6.06. The van der Waals surface area contributed by atoms with Gasteiger partial charge in [-0.1, -0.05) is 13.8 Å². The van der Waals surface area contributed by atoms with Crippen LogP contribution in [0.4, 0.5) is 0 Å². The topological polar surface area (TPSA) is 58.4 Å². The lowest BCUT2D eigenvalue weighted by molar-refractivity contribution is 0.216. The molecule has 6 nitrogen and oxygen atoms in total. The Labute approximate surface area is 127 Å². The molecular weight excluding hydrogens is 288 g/mol. The predicted octanol–water partition coefficient (Wildman–Crippen LogP) is 1.11. The molecule has 2 heterocycles. The van der Waals surface area contributed by atoms with E-state index in [1.807, 2.05) is 21.0 Å². The fraction of sp³-hybridized carbons (Fsp3) is 0.786. The van der Waals surface area contributed by atoms with Gasteiger partial charge in [0.2, 0.25) is 10.0 Å². The van der Waals surface area contributed by atoms with E-state index in [0.717, 1.165) is 0 Å². The summed E-state index contributed by atoms with van der Waals surface area (Å²) in [5.74, 6) is 0.812. The van der Waals surface area contributed by atoms with E-state index in [-0.39, 0.29) is 6.04 Å². The molecule has 0 saturated carbocycles. The zero-order valence-electron chi connectivity index (χ0n) is 13.5. The average Bonchev–Trinajstić information content (AvgIpc) is 3.06. The molecule has 0 radical (unpaired) electrons. The third kappa shape index (κ3) is 3.14. The molecule has 1 aliphatic rings. The quantitative estimate of drug-likeness (QED) is 0.817. The van der Waals surface area contributed by atoms with E-state index in [1.165, 1.54) is 6.20 Å². The summed E-state index contributed by atoms with van der Waals surface area (Å²) >= 11 is 0. The first kappa shape index (κ1) is 16.5. The van der Waals surface area contributed by atoms with Crippen LogP contribution in [0, 0.1) is 11.8 Å². The van der Waals surface area contributed by atoms with Crippen LogP contribution in [0.1, 0.15) is 20.8 Å². The smallest absolute Gasteiger partial charge is 0.246 e. The molecule has 2 atom stereocenters. The third-order valence-electron chi connectivity index (χ3n) is 4.39. The van der Waals surface area contributed by atoms with Gasteiger partial charge in [-0.15, -0.1) is 0 Å². The van der Waals surface area contributed by atoms with Crippen LogP contribution in [0.15, 0.2) is 17.3 Å². The molecule has 0 unspecified atom stereocenters. The molecule has 1 aromatic rings. The highest BCUT2D eigenvalue weighted by molar-refractivity contribution is 7.89. The molecule has 0 bridgehead atoms. The van der Waals surface area contributed by atoms with Gasteiger partial charge < -0.3 is 4.90 Å². The Bertz CT molecular complexity index is 564. The molecule has 0 N–H and O–H groups in total. The molecule has 1 aromatic heterocycles. The Morgan fingerprint density at radius 2 is 2.05 bits per heavy atom. The van der Waals surface area contributed by atoms with E-state index in [2.05, 4.69) is 23.8 Å². The van der Waals surface area contributed by atoms with Crippen molar-refractivity contribution in [1.82, 2.24) is 19.0 Å². The summed E-state index contributed by atoms with van der Waals surface area (Å²) < 4.78 is 28.8. The molecule has 0 aliphatic carbocycles. The first-order valence-electron chi connectivity index (χ1n) is 7.46. The Kier molecular flexibility index (Phi) is 4.75. The Hall–Kier alpha value is -0.920. The number of likely N-dealkylation sites (N-methyl/N-ethyl adjacent to an activating group) is 1. The van der Waals surface area contributed by atoms with Gasteiger partial charge >= 0.3 is 0 Å². The molecule has 21 heavy (non-hydrogen) atoms. The summed E-state index contributed by atoms with van der Waals surface area (Å²) in [5.41, 5.74) is 0. The second-order valence-electron chi connectivity index (χ2n) is 6.29. The van der Waals surface area contributed by atoms with E-state index in [1.54, 1.807) is 15.2 Å². The maximum Gasteiger partial charge on any atom is 0.246 e. The van der Waals surface area contributed by atoms with Gasteiger partial charge in [-0.05, 0) is 32.9 Å². The lowest BCUT2D eigenvalue weighted by Gasteiger charge is -2.27. The van der Waals surface area contributed by atoms with Crippen LogP contribution >= 0.6 is 0 Å². The van der Waals surface area contributed by atoms with Gasteiger partial charge in [0.1, 0.15) is 4.90 Å². The monoisotopic (exact) mass is 314 g/mol. The van der Waals surface area contributed by atoms with E-state index in [0.29, 0.717) is 36.4 Å². The molecule has 1 fully saturated rings. The van der Waals surface area contributed by atoms with Gasteiger partial charge in [-0.3, -0.25) is 4.68 Å². The number of sulfonamides is 1. The van der Waals surface area contributed by atoms with Crippen LogP contribution in [0.5, 0.6) is 0 Å². The van der Waals surface area contributed by atoms with Crippen molar-refractivity contribution in [3.63, 3.8) is 0 Å². The van der Waals surface area contributed by atoms with Gasteiger partial charge in [0, 0.05) is 31.9 Å². The molecule has 0 spiro atoms. The second-order valence-corrected chi connectivity index (χ2v) is 8.23. The van der Waals surface area contributed by atoms with Crippen LogP contribution in [0.25, 0.3) is 0 Å². The summed E-state index contributed by atoms with van der Waals surface area (Å²) in [4.78, 5) is 2.43. The van der Waals surface area contributed by atoms with Crippen LogP contribution in [-0.2, 0) is 16.6 Å². The summed E-state index contributed by atoms with van der Waals surface area (Å²) in [6.07, 6.45) is 3.06. The lowest BCUT2D eigenvalue weighted by Crippen LogP contribution is -2.37. The van der Waals surface area contributed by atoms with Crippen molar-refractivity contribution in [3.8, 4) is 0 Å². The number of rotatable bonds is 5. The first-order valence-corrected chi connectivity index (χ1v) is 8.90. The van der Waals surface area contributed by atoms with Crippen LogP contribution in [-0.4, -0.2) is 60.6 Å². The molecule has 2 rings (SSSR count). The van der Waals surface area contributed by atoms with Crippen LogP contribution in [0.3, 0.4) is 0 Å². The molecule has 1 aliphatic heterocycles. The van der Waals surface area contributed by atoms with E-state index in [4.69, 9.17) is 0 Å². The van der Waals surface area contributed by atoms with Crippen molar-refractivity contribution in [2.45, 2.75) is 38.3 Å². The predicted molar refractivity (Wildman–Crippen MR) is 82.5 cm³/mol. The van der Waals surface area contributed by atoms with Crippen molar-refractivity contribution >= 4 is 10.0 Å². The SMILES string of the molecule is CCn1cc(S(=O)(=O)N2C[C@@H](N(C)C)[C@H](C(C)C)C2)cn1. The first-order chi connectivity index (χ1) is 9.77. The van der Waals surface area contributed by atoms with Gasteiger partial charge in [0.15, 0.2) is 0 Å². The van der Waals surface area contributed by atoms with Crippen LogP contribution < -0.4 is 0 Å². The lowest BCUT2D eigenvalue weighted by atomic mass is 9.91. The minimum absolute atomic E-state index is 0.265. The number of hydrogen-bond acceptors (Lipinski definition) is 4. The molecule has 120 valence electrons. The largest absolute Gasteiger partial charge is 0.305 e. The number of nitrogens with zero attached hydrogens (tertiary/aromatic N) is 4. The van der Waals surface area contributed by atoms with Gasteiger partial charge in [-0.2, -0.15) is 9.40 Å². The van der Waals surface area contributed by atoms with Crippen molar-refractivity contribution in [2.75, 3.05) is 27.2 Å². The fourth-order valence-corrected chi connectivity index (χ4v) is 4.42. The van der Waals surface area contributed by atoms with E-state index < -0.39 is 10.0 Å². The van der Waals surface area contributed by atoms with Crippen molar-refractivity contribution < 1.29 is 8.42 Å². The highest BCUT2D eigenvalue weighted by Crippen LogP contribution is 2.31.